The van der Waals surface area contributed by atoms with Crippen LogP contribution in [0.1, 0.15) is 6.92 Å². The van der Waals surface area contributed by atoms with Crippen LogP contribution in [0.15, 0.2) is 17.2 Å². The van der Waals surface area contributed by atoms with Gasteiger partial charge in [0.2, 0.25) is 0 Å². The van der Waals surface area contributed by atoms with Crippen LogP contribution < -0.4 is 5.32 Å². The lowest BCUT2D eigenvalue weighted by Gasteiger charge is -2.07. The van der Waals surface area contributed by atoms with E-state index in [0.717, 1.165) is 0 Å². The third kappa shape index (κ3) is 4.20. The Morgan fingerprint density at radius 2 is 2.35 bits per heavy atom. The maximum atomic E-state index is 10.7. The quantitative estimate of drug-likeness (QED) is 0.458. The Bertz CT molecular complexity index is 400. The summed E-state index contributed by atoms with van der Waals surface area (Å²) in [5.41, 5.74) is 0.0171. The molecule has 0 aliphatic carbocycles. The van der Waals surface area contributed by atoms with Gasteiger partial charge in [-0.25, -0.2) is 4.98 Å². The first-order valence-corrected chi connectivity index (χ1v) is 6.13. The molecule has 1 aromatic heterocycles. The molecule has 17 heavy (non-hydrogen) atoms. The number of nitrogens with zero attached hydrogens (tertiary/aromatic N) is 2. The highest BCUT2D eigenvalue weighted by Gasteiger charge is 2.11. The van der Waals surface area contributed by atoms with E-state index in [4.69, 9.17) is 5.11 Å². The Labute approximate surface area is 104 Å². The molecule has 1 atom stereocenters. The molecule has 0 amide bonds. The van der Waals surface area contributed by atoms with Crippen molar-refractivity contribution in [2.75, 3.05) is 24.7 Å². The second-order valence-electron chi connectivity index (χ2n) is 3.65. The first-order valence-electron chi connectivity index (χ1n) is 5.14. The highest BCUT2D eigenvalue weighted by molar-refractivity contribution is 7.99. The zero-order valence-electron chi connectivity index (χ0n) is 9.71. The van der Waals surface area contributed by atoms with Crippen LogP contribution in [-0.4, -0.2) is 34.4 Å². The van der Waals surface area contributed by atoms with Gasteiger partial charge in [0.25, 0.3) is 5.69 Å². The Hall–Kier alpha value is -1.34. The lowest BCUT2D eigenvalue weighted by molar-refractivity contribution is -0.385. The summed E-state index contributed by atoms with van der Waals surface area (Å²) in [6.07, 6.45) is 0. The maximum Gasteiger partial charge on any atom is 0.275 e. The van der Waals surface area contributed by atoms with Gasteiger partial charge >= 0.3 is 0 Å². The molecule has 1 heterocycles. The highest BCUT2D eigenvalue weighted by Crippen LogP contribution is 2.25. The largest absolute Gasteiger partial charge is 0.396 e. The first kappa shape index (κ1) is 13.7. The second kappa shape index (κ2) is 6.41. The zero-order valence-corrected chi connectivity index (χ0v) is 10.5. The van der Waals surface area contributed by atoms with Gasteiger partial charge in [0.15, 0.2) is 0 Å². The standard InChI is InChI=1S/C10H15N3O3S/c1-7(5-14)6-17-10-4-8(13(15)16)3-9(11-2)12-10/h3-4,7,14H,5-6H2,1-2H3,(H,11,12). The number of hydrogen-bond acceptors (Lipinski definition) is 6. The van der Waals surface area contributed by atoms with Gasteiger partial charge in [-0.05, 0) is 5.92 Å². The van der Waals surface area contributed by atoms with Crippen molar-refractivity contribution in [3.05, 3.63) is 22.2 Å². The van der Waals surface area contributed by atoms with Crippen LogP contribution in [0.5, 0.6) is 0 Å². The van der Waals surface area contributed by atoms with Crippen LogP contribution in [-0.2, 0) is 0 Å². The van der Waals surface area contributed by atoms with Gasteiger partial charge in [-0.15, -0.1) is 11.8 Å². The maximum absolute atomic E-state index is 10.7. The van der Waals surface area contributed by atoms with Crippen molar-refractivity contribution < 1.29 is 10.0 Å². The van der Waals surface area contributed by atoms with E-state index >= 15 is 0 Å². The van der Waals surface area contributed by atoms with Gasteiger partial charge in [0.05, 0.1) is 11.0 Å². The second-order valence-corrected chi connectivity index (χ2v) is 4.69. The zero-order chi connectivity index (χ0) is 12.8. The number of thioether (sulfide) groups is 1. The molecule has 1 rings (SSSR count). The molecule has 94 valence electrons. The molecule has 0 saturated heterocycles. The van der Waals surface area contributed by atoms with Crippen LogP contribution >= 0.6 is 11.8 Å². The van der Waals surface area contributed by atoms with Crippen molar-refractivity contribution in [3.8, 4) is 0 Å². The highest BCUT2D eigenvalue weighted by atomic mass is 32.2. The summed E-state index contributed by atoms with van der Waals surface area (Å²) in [7, 11) is 1.66. The van der Waals surface area contributed by atoms with Crippen molar-refractivity contribution in [1.29, 1.82) is 0 Å². The molecular formula is C10H15N3O3S. The molecule has 0 spiro atoms. The molecule has 1 aromatic rings. The number of aliphatic hydroxyl groups is 1. The van der Waals surface area contributed by atoms with Gasteiger partial charge in [-0.2, -0.15) is 0 Å². The van der Waals surface area contributed by atoms with Crippen LogP contribution in [0.4, 0.5) is 11.5 Å². The van der Waals surface area contributed by atoms with E-state index in [1.165, 1.54) is 23.9 Å². The average Bonchev–Trinajstić information content (AvgIpc) is 2.35. The number of pyridine rings is 1. The fourth-order valence-electron chi connectivity index (χ4n) is 1.08. The molecule has 7 heteroatoms. The smallest absolute Gasteiger partial charge is 0.275 e. The monoisotopic (exact) mass is 257 g/mol. The Morgan fingerprint density at radius 3 is 2.88 bits per heavy atom. The van der Waals surface area contributed by atoms with Crippen LogP contribution in [0.3, 0.4) is 0 Å². The minimum Gasteiger partial charge on any atom is -0.396 e. The molecule has 0 fully saturated rings. The van der Waals surface area contributed by atoms with Crippen LogP contribution in [0.25, 0.3) is 0 Å². The molecular weight excluding hydrogens is 242 g/mol. The van der Waals surface area contributed by atoms with E-state index in [1.54, 1.807) is 7.05 Å². The molecule has 0 aliphatic rings. The molecule has 0 radical (unpaired) electrons. The summed E-state index contributed by atoms with van der Waals surface area (Å²) < 4.78 is 0. The fourth-order valence-corrected chi connectivity index (χ4v) is 2.01. The third-order valence-electron chi connectivity index (χ3n) is 2.08. The predicted octanol–water partition coefficient (Wildman–Crippen LogP) is 1.75. The van der Waals surface area contributed by atoms with E-state index in [0.29, 0.717) is 16.6 Å². The molecule has 1 unspecified atom stereocenters. The van der Waals surface area contributed by atoms with Crippen LogP contribution in [0, 0.1) is 16.0 Å². The number of anilines is 1. The molecule has 0 aromatic carbocycles. The van der Waals surface area contributed by atoms with Gasteiger partial charge in [-0.3, -0.25) is 10.1 Å². The number of hydrogen-bond donors (Lipinski definition) is 2. The lowest BCUT2D eigenvalue weighted by atomic mass is 10.2. The summed E-state index contributed by atoms with van der Waals surface area (Å²) >= 11 is 1.40. The van der Waals surface area contributed by atoms with E-state index < -0.39 is 4.92 Å². The van der Waals surface area contributed by atoms with Crippen LogP contribution in [0.2, 0.25) is 0 Å². The number of aromatic nitrogens is 1. The van der Waals surface area contributed by atoms with Gasteiger partial charge in [0.1, 0.15) is 10.8 Å². The summed E-state index contributed by atoms with van der Waals surface area (Å²) in [4.78, 5) is 14.5. The summed E-state index contributed by atoms with van der Waals surface area (Å²) in [5.74, 6) is 1.28. The molecule has 0 saturated carbocycles. The normalized spacial score (nSPS) is 12.2. The summed E-state index contributed by atoms with van der Waals surface area (Å²) in [5, 5.41) is 23.0. The van der Waals surface area contributed by atoms with Crippen molar-refractivity contribution in [2.45, 2.75) is 11.9 Å². The van der Waals surface area contributed by atoms with E-state index in [2.05, 4.69) is 10.3 Å². The molecule has 0 bridgehead atoms. The van der Waals surface area contributed by atoms with Gasteiger partial charge in [0, 0.05) is 25.5 Å². The van der Waals surface area contributed by atoms with Crippen molar-refractivity contribution in [1.82, 2.24) is 4.98 Å². The van der Waals surface area contributed by atoms with Gasteiger partial charge < -0.3 is 10.4 Å². The fraction of sp³-hybridized carbons (Fsp3) is 0.500. The number of rotatable bonds is 6. The molecule has 2 N–H and O–H groups in total. The number of nitrogens with one attached hydrogen (secondary N) is 1. The third-order valence-corrected chi connectivity index (χ3v) is 3.32. The summed E-state index contributed by atoms with van der Waals surface area (Å²) in [6.45, 7) is 2.00. The van der Waals surface area contributed by atoms with E-state index in [-0.39, 0.29) is 18.2 Å². The Kier molecular flexibility index (Phi) is 5.17. The minimum atomic E-state index is -0.442. The van der Waals surface area contributed by atoms with E-state index in [1.807, 2.05) is 6.92 Å². The Balaban J connectivity index is 2.83. The lowest BCUT2D eigenvalue weighted by Crippen LogP contribution is -2.04. The average molecular weight is 257 g/mol. The topological polar surface area (TPSA) is 88.3 Å². The number of nitro groups is 1. The molecule has 6 nitrogen and oxygen atoms in total. The SMILES string of the molecule is CNc1cc([N+](=O)[O-])cc(SCC(C)CO)n1. The van der Waals surface area contributed by atoms with Gasteiger partial charge in [-0.1, -0.05) is 6.92 Å². The molecule has 0 aliphatic heterocycles. The summed E-state index contributed by atoms with van der Waals surface area (Å²) in [6, 6.07) is 2.83. The van der Waals surface area contributed by atoms with E-state index in [9.17, 15) is 10.1 Å². The number of aliphatic hydroxyl groups excluding tert-OH is 1. The minimum absolute atomic E-state index is 0.0171. The predicted molar refractivity (Wildman–Crippen MR) is 67.4 cm³/mol. The first-order chi connectivity index (χ1) is 8.06. The van der Waals surface area contributed by atoms with Crippen molar-refractivity contribution in [2.24, 2.45) is 5.92 Å². The Morgan fingerprint density at radius 1 is 1.65 bits per heavy atom. The van der Waals surface area contributed by atoms with Crippen molar-refractivity contribution in [3.63, 3.8) is 0 Å². The van der Waals surface area contributed by atoms with Crippen molar-refractivity contribution >= 4 is 23.3 Å².